The molecule has 0 bridgehead atoms. The maximum atomic E-state index is 4.18. The Morgan fingerprint density at radius 1 is 0.909 bits per heavy atom. The Morgan fingerprint density at radius 3 is 2.45 bits per heavy atom. The predicted octanol–water partition coefficient (Wildman–Crippen LogP) is 2.23. The summed E-state index contributed by atoms with van der Waals surface area (Å²) < 4.78 is 0. The van der Waals surface area contributed by atoms with Crippen molar-refractivity contribution in [2.45, 2.75) is 0 Å². The van der Waals surface area contributed by atoms with Crippen molar-refractivity contribution in [2.24, 2.45) is 0 Å². The fourth-order valence-electron chi connectivity index (χ4n) is 1.02. The molecule has 0 aliphatic heterocycles. The average Bonchev–Trinajstić information content (AvgIpc) is 2.05. The van der Waals surface area contributed by atoms with Gasteiger partial charge < -0.3 is 0 Å². The van der Waals surface area contributed by atoms with Gasteiger partial charge in [-0.3, -0.25) is 4.98 Å². The van der Waals surface area contributed by atoms with Gasteiger partial charge in [-0.25, -0.2) is 0 Å². The Kier molecular flexibility index (Phi) is 3.63. The van der Waals surface area contributed by atoms with Gasteiger partial charge in [-0.05, 0) is 12.1 Å². The molecule has 0 aliphatic rings. The SMILES string of the molecule is [Eu].c1ccc2ncccc2c1. The van der Waals surface area contributed by atoms with Gasteiger partial charge in [0.05, 0.1) is 5.52 Å². The second kappa shape index (κ2) is 4.29. The van der Waals surface area contributed by atoms with Gasteiger partial charge >= 0.3 is 0 Å². The van der Waals surface area contributed by atoms with Gasteiger partial charge in [0.25, 0.3) is 0 Å². The molecule has 0 N–H and O–H groups in total. The second-order valence-corrected chi connectivity index (χ2v) is 2.20. The van der Waals surface area contributed by atoms with Crippen LogP contribution in [-0.2, 0) is 0 Å². The van der Waals surface area contributed by atoms with E-state index in [9.17, 15) is 0 Å². The fraction of sp³-hybridized carbons (Fsp3) is 0. The molecule has 0 amide bonds. The first-order valence-electron chi connectivity index (χ1n) is 3.26. The topological polar surface area (TPSA) is 12.9 Å². The van der Waals surface area contributed by atoms with Gasteiger partial charge in [-0.15, -0.1) is 0 Å². The summed E-state index contributed by atoms with van der Waals surface area (Å²) in [4.78, 5) is 4.18. The minimum atomic E-state index is 0. The van der Waals surface area contributed by atoms with Crippen LogP contribution in [0.2, 0.25) is 0 Å². The normalized spacial score (nSPS) is 9.09. The zero-order valence-electron chi connectivity index (χ0n) is 5.87. The van der Waals surface area contributed by atoms with Crippen LogP contribution < -0.4 is 0 Å². The van der Waals surface area contributed by atoms with Crippen LogP contribution in [0.5, 0.6) is 0 Å². The number of benzene rings is 1. The van der Waals surface area contributed by atoms with E-state index in [1.165, 1.54) is 5.39 Å². The van der Waals surface area contributed by atoms with Crippen LogP contribution in [0.3, 0.4) is 0 Å². The summed E-state index contributed by atoms with van der Waals surface area (Å²) in [6.07, 6.45) is 1.81. The first kappa shape index (κ1) is 9.30. The smallest absolute Gasteiger partial charge is 0.0701 e. The van der Waals surface area contributed by atoms with E-state index in [0.29, 0.717) is 0 Å². The Bertz CT molecular complexity index is 281. The van der Waals surface area contributed by atoms with Crippen molar-refractivity contribution in [1.82, 2.24) is 4.98 Å². The summed E-state index contributed by atoms with van der Waals surface area (Å²) >= 11 is 0. The van der Waals surface area contributed by atoms with Crippen LogP contribution in [0.25, 0.3) is 10.9 Å². The number of fused-ring (bicyclic) bond motifs is 1. The molecule has 1 aromatic carbocycles. The average molecular weight is 281 g/mol. The molecule has 1 radical (unpaired) electrons. The van der Waals surface area contributed by atoms with Gasteiger partial charge in [0.15, 0.2) is 0 Å². The zero-order valence-corrected chi connectivity index (χ0v) is 8.29. The molecule has 1 nitrogen and oxygen atoms in total. The minimum absolute atomic E-state index is 0. The molecule has 0 fully saturated rings. The molecule has 11 heavy (non-hydrogen) atoms. The molecular formula is C9H7EuN. The monoisotopic (exact) mass is 282 g/mol. The van der Waals surface area contributed by atoms with Crippen molar-refractivity contribution < 1.29 is 49.4 Å². The molecule has 1 heterocycles. The molecule has 55 valence electrons. The van der Waals surface area contributed by atoms with E-state index >= 15 is 0 Å². The van der Waals surface area contributed by atoms with E-state index in [0.717, 1.165) is 5.52 Å². The van der Waals surface area contributed by atoms with Crippen LogP contribution >= 0.6 is 0 Å². The number of aromatic nitrogens is 1. The third-order valence-corrected chi connectivity index (χ3v) is 1.51. The number of hydrogen-bond donors (Lipinski definition) is 0. The first-order chi connectivity index (χ1) is 4.97. The van der Waals surface area contributed by atoms with Crippen molar-refractivity contribution >= 4 is 10.9 Å². The van der Waals surface area contributed by atoms with E-state index < -0.39 is 0 Å². The molecule has 0 aliphatic carbocycles. The van der Waals surface area contributed by atoms with Crippen molar-refractivity contribution in [3.05, 3.63) is 42.6 Å². The second-order valence-electron chi connectivity index (χ2n) is 2.20. The van der Waals surface area contributed by atoms with Gasteiger partial charge in [-0.2, -0.15) is 0 Å². The Balaban J connectivity index is 0.000000605. The fourth-order valence-corrected chi connectivity index (χ4v) is 1.02. The number of pyridine rings is 1. The van der Waals surface area contributed by atoms with Crippen LogP contribution in [0.15, 0.2) is 42.6 Å². The van der Waals surface area contributed by atoms with E-state index in [4.69, 9.17) is 0 Å². The number of rotatable bonds is 0. The third-order valence-electron chi connectivity index (χ3n) is 1.51. The summed E-state index contributed by atoms with van der Waals surface area (Å²) in [6, 6.07) is 12.1. The van der Waals surface area contributed by atoms with Gasteiger partial charge in [0.2, 0.25) is 0 Å². The molecule has 1 aromatic heterocycles. The van der Waals surface area contributed by atoms with Crippen LogP contribution in [0, 0.1) is 49.4 Å². The molecule has 0 saturated carbocycles. The molecule has 0 atom stereocenters. The van der Waals surface area contributed by atoms with Crippen molar-refractivity contribution in [2.75, 3.05) is 0 Å². The quantitative estimate of drug-likeness (QED) is 0.721. The van der Waals surface area contributed by atoms with Crippen molar-refractivity contribution in [3.63, 3.8) is 0 Å². The van der Waals surface area contributed by atoms with E-state index in [2.05, 4.69) is 17.1 Å². The molecule has 0 unspecified atom stereocenters. The van der Waals surface area contributed by atoms with Gasteiger partial charge in [0.1, 0.15) is 0 Å². The van der Waals surface area contributed by atoms with E-state index in [1.807, 2.05) is 30.5 Å². The largest absolute Gasteiger partial charge is 0.256 e. The maximum Gasteiger partial charge on any atom is 0.0701 e. The standard InChI is InChI=1S/C9H7N.Eu/c1-2-6-9-8(4-1)5-3-7-10-9;/h1-7H;. The van der Waals surface area contributed by atoms with Crippen molar-refractivity contribution in [1.29, 1.82) is 0 Å². The zero-order chi connectivity index (χ0) is 6.81. The summed E-state index contributed by atoms with van der Waals surface area (Å²) in [5.74, 6) is 0. The first-order valence-corrected chi connectivity index (χ1v) is 3.26. The van der Waals surface area contributed by atoms with Crippen LogP contribution in [-0.4, -0.2) is 4.98 Å². The van der Waals surface area contributed by atoms with E-state index in [1.54, 1.807) is 0 Å². The predicted molar refractivity (Wildman–Crippen MR) is 41.7 cm³/mol. The Morgan fingerprint density at radius 2 is 1.64 bits per heavy atom. The minimum Gasteiger partial charge on any atom is -0.256 e. The number of nitrogens with zero attached hydrogens (tertiary/aromatic N) is 1. The third kappa shape index (κ3) is 2.08. The molecule has 2 aromatic rings. The van der Waals surface area contributed by atoms with Crippen LogP contribution in [0.1, 0.15) is 0 Å². The molecule has 2 rings (SSSR count). The number of hydrogen-bond acceptors (Lipinski definition) is 1. The molecule has 0 saturated heterocycles. The Hall–Kier alpha value is 0.214. The Labute approximate surface area is 106 Å². The summed E-state index contributed by atoms with van der Waals surface area (Å²) in [5.41, 5.74) is 1.06. The van der Waals surface area contributed by atoms with Crippen LogP contribution in [0.4, 0.5) is 0 Å². The van der Waals surface area contributed by atoms with Gasteiger partial charge in [0, 0.05) is 61.0 Å². The molecule has 0 spiro atoms. The van der Waals surface area contributed by atoms with Crippen molar-refractivity contribution in [3.8, 4) is 0 Å². The molecule has 2 heteroatoms. The van der Waals surface area contributed by atoms with E-state index in [-0.39, 0.29) is 49.4 Å². The molecular weight excluding hydrogens is 274 g/mol. The number of para-hydroxylation sites is 1. The summed E-state index contributed by atoms with van der Waals surface area (Å²) in [5, 5.41) is 1.20. The van der Waals surface area contributed by atoms with Gasteiger partial charge in [-0.1, -0.05) is 24.3 Å². The summed E-state index contributed by atoms with van der Waals surface area (Å²) in [7, 11) is 0. The summed E-state index contributed by atoms with van der Waals surface area (Å²) in [6.45, 7) is 0. The maximum absolute atomic E-state index is 4.18.